The summed E-state index contributed by atoms with van der Waals surface area (Å²) in [5.74, 6) is 0. The largest absolute Gasteiger partial charge is 0.307 e. The Morgan fingerprint density at radius 2 is 2.31 bits per heavy atom. The third kappa shape index (κ3) is 4.25. The van der Waals surface area contributed by atoms with Gasteiger partial charge in [0.1, 0.15) is 0 Å². The number of nitrogens with one attached hydrogen (secondary N) is 1. The molecular weight excluding hydrogens is 246 g/mol. The number of hydrogen-bond acceptors (Lipinski definition) is 2. The number of rotatable bonds is 5. The third-order valence-corrected chi connectivity index (χ3v) is 3.31. The highest BCUT2D eigenvalue weighted by atomic mass is 79.9. The Morgan fingerprint density at radius 1 is 1.54 bits per heavy atom. The highest BCUT2D eigenvalue weighted by molar-refractivity contribution is 9.09. The van der Waals surface area contributed by atoms with E-state index in [1.54, 1.807) is 0 Å². The summed E-state index contributed by atoms with van der Waals surface area (Å²) in [4.78, 5) is 1.41. The van der Waals surface area contributed by atoms with Crippen molar-refractivity contribution in [3.8, 4) is 0 Å². The fourth-order valence-corrected chi connectivity index (χ4v) is 2.70. The zero-order valence-corrected chi connectivity index (χ0v) is 10.5. The fourth-order valence-electron chi connectivity index (χ4n) is 1.06. The molecule has 0 aromatic carbocycles. The summed E-state index contributed by atoms with van der Waals surface area (Å²) >= 11 is 5.27. The van der Waals surface area contributed by atoms with Gasteiger partial charge in [0.25, 0.3) is 0 Å². The number of halogens is 1. The summed E-state index contributed by atoms with van der Waals surface area (Å²) in [5.41, 5.74) is 0.230. The maximum absolute atomic E-state index is 3.54. The van der Waals surface area contributed by atoms with Crippen molar-refractivity contribution in [3.05, 3.63) is 22.4 Å². The molecule has 0 amide bonds. The average molecular weight is 262 g/mol. The lowest BCUT2D eigenvalue weighted by atomic mass is 10.0. The summed E-state index contributed by atoms with van der Waals surface area (Å²) in [7, 11) is 0. The predicted octanol–water partition coefficient (Wildman–Crippen LogP) is 3.40. The van der Waals surface area contributed by atoms with Crippen molar-refractivity contribution in [2.45, 2.75) is 32.4 Å². The van der Waals surface area contributed by atoms with E-state index in [0.29, 0.717) is 0 Å². The third-order valence-electron chi connectivity index (χ3n) is 2.04. The van der Waals surface area contributed by atoms with Crippen molar-refractivity contribution in [3.63, 3.8) is 0 Å². The molecule has 0 unspecified atom stereocenters. The van der Waals surface area contributed by atoms with E-state index in [1.807, 2.05) is 11.3 Å². The number of thiophene rings is 1. The molecular formula is C10H16BrNS. The molecule has 3 heteroatoms. The first-order valence-corrected chi connectivity index (χ1v) is 6.47. The van der Waals surface area contributed by atoms with E-state index < -0.39 is 0 Å². The fraction of sp³-hybridized carbons (Fsp3) is 0.600. The molecule has 0 radical (unpaired) electrons. The Hall–Kier alpha value is 0.140. The minimum Gasteiger partial charge on any atom is -0.307 e. The van der Waals surface area contributed by atoms with Gasteiger partial charge >= 0.3 is 0 Å². The van der Waals surface area contributed by atoms with Crippen LogP contribution >= 0.6 is 27.3 Å². The zero-order chi connectivity index (χ0) is 9.73. The highest BCUT2D eigenvalue weighted by Crippen LogP contribution is 2.13. The highest BCUT2D eigenvalue weighted by Gasteiger charge is 2.15. The Kier molecular flexibility index (Phi) is 4.42. The van der Waals surface area contributed by atoms with Gasteiger partial charge in [0.2, 0.25) is 0 Å². The Morgan fingerprint density at radius 3 is 2.85 bits per heavy atom. The molecule has 1 heterocycles. The molecule has 0 aliphatic carbocycles. The quantitative estimate of drug-likeness (QED) is 0.802. The lowest BCUT2D eigenvalue weighted by molar-refractivity contribution is 0.379. The minimum absolute atomic E-state index is 0.230. The van der Waals surface area contributed by atoms with E-state index in [4.69, 9.17) is 0 Å². The van der Waals surface area contributed by atoms with Gasteiger partial charge in [-0.2, -0.15) is 0 Å². The maximum Gasteiger partial charge on any atom is 0.0304 e. The molecule has 74 valence electrons. The van der Waals surface area contributed by atoms with Crippen LogP contribution in [0.1, 0.15) is 25.1 Å². The minimum atomic E-state index is 0.230. The van der Waals surface area contributed by atoms with Crippen molar-refractivity contribution in [2.24, 2.45) is 0 Å². The number of alkyl halides is 1. The van der Waals surface area contributed by atoms with E-state index in [-0.39, 0.29) is 5.54 Å². The second-order valence-electron chi connectivity index (χ2n) is 3.76. The molecule has 0 saturated heterocycles. The number of hydrogen-bond donors (Lipinski definition) is 1. The molecule has 0 bridgehead atoms. The van der Waals surface area contributed by atoms with Crippen LogP contribution in [0.15, 0.2) is 17.5 Å². The van der Waals surface area contributed by atoms with Crippen LogP contribution in [0.4, 0.5) is 0 Å². The Bertz CT molecular complexity index is 231. The van der Waals surface area contributed by atoms with Crippen molar-refractivity contribution in [1.29, 1.82) is 0 Å². The Balaban J connectivity index is 2.33. The standard InChI is InChI=1S/C10H16BrNS/c1-10(2,5-6-11)12-8-9-4-3-7-13-9/h3-4,7,12H,5-6,8H2,1-2H3. The van der Waals surface area contributed by atoms with Crippen LogP contribution < -0.4 is 5.32 Å². The first kappa shape index (κ1) is 11.2. The van der Waals surface area contributed by atoms with Crippen LogP contribution in [-0.4, -0.2) is 10.9 Å². The van der Waals surface area contributed by atoms with Crippen molar-refractivity contribution in [2.75, 3.05) is 5.33 Å². The van der Waals surface area contributed by atoms with Gasteiger partial charge in [0.15, 0.2) is 0 Å². The molecule has 1 aromatic rings. The van der Waals surface area contributed by atoms with Gasteiger partial charge in [-0.25, -0.2) is 0 Å². The molecule has 0 aliphatic rings. The van der Waals surface area contributed by atoms with Crippen LogP contribution in [-0.2, 0) is 6.54 Å². The molecule has 0 aliphatic heterocycles. The van der Waals surface area contributed by atoms with Crippen LogP contribution in [0.5, 0.6) is 0 Å². The van der Waals surface area contributed by atoms with Crippen molar-refractivity contribution < 1.29 is 0 Å². The van der Waals surface area contributed by atoms with Crippen LogP contribution in [0, 0.1) is 0 Å². The summed E-state index contributed by atoms with van der Waals surface area (Å²) in [6, 6.07) is 4.26. The zero-order valence-electron chi connectivity index (χ0n) is 8.14. The molecule has 0 atom stereocenters. The molecule has 13 heavy (non-hydrogen) atoms. The van der Waals surface area contributed by atoms with E-state index in [2.05, 4.69) is 52.6 Å². The van der Waals surface area contributed by atoms with Gasteiger partial charge in [-0.05, 0) is 31.7 Å². The molecule has 0 spiro atoms. The molecule has 1 nitrogen and oxygen atoms in total. The van der Waals surface area contributed by atoms with Gasteiger partial charge < -0.3 is 5.32 Å². The van der Waals surface area contributed by atoms with E-state index >= 15 is 0 Å². The van der Waals surface area contributed by atoms with Crippen LogP contribution in [0.3, 0.4) is 0 Å². The maximum atomic E-state index is 3.54. The molecule has 1 aromatic heterocycles. The second kappa shape index (κ2) is 5.13. The summed E-state index contributed by atoms with van der Waals surface area (Å²) in [5, 5.41) is 6.72. The van der Waals surface area contributed by atoms with E-state index in [1.165, 1.54) is 4.88 Å². The van der Waals surface area contributed by atoms with Gasteiger partial charge in [0, 0.05) is 22.3 Å². The first-order chi connectivity index (χ1) is 6.14. The normalized spacial score (nSPS) is 11.9. The topological polar surface area (TPSA) is 12.0 Å². The van der Waals surface area contributed by atoms with Gasteiger partial charge in [-0.15, -0.1) is 11.3 Å². The van der Waals surface area contributed by atoms with Gasteiger partial charge in [-0.1, -0.05) is 22.0 Å². The molecule has 1 rings (SSSR count). The monoisotopic (exact) mass is 261 g/mol. The summed E-state index contributed by atoms with van der Waals surface area (Å²) in [6.45, 7) is 5.46. The van der Waals surface area contributed by atoms with Gasteiger partial charge in [0.05, 0.1) is 0 Å². The molecule has 0 saturated carbocycles. The van der Waals surface area contributed by atoms with Crippen LogP contribution in [0.25, 0.3) is 0 Å². The van der Waals surface area contributed by atoms with E-state index in [0.717, 1.165) is 18.3 Å². The van der Waals surface area contributed by atoms with Gasteiger partial charge in [-0.3, -0.25) is 0 Å². The summed E-state index contributed by atoms with van der Waals surface area (Å²) in [6.07, 6.45) is 1.15. The smallest absolute Gasteiger partial charge is 0.0304 e. The van der Waals surface area contributed by atoms with E-state index in [9.17, 15) is 0 Å². The average Bonchev–Trinajstić information content (AvgIpc) is 2.52. The summed E-state index contributed by atoms with van der Waals surface area (Å²) < 4.78 is 0. The van der Waals surface area contributed by atoms with Crippen molar-refractivity contribution >= 4 is 27.3 Å². The molecule has 0 fully saturated rings. The lowest BCUT2D eigenvalue weighted by Gasteiger charge is -2.25. The van der Waals surface area contributed by atoms with Crippen LogP contribution in [0.2, 0.25) is 0 Å². The predicted molar refractivity (Wildman–Crippen MR) is 63.6 cm³/mol. The first-order valence-electron chi connectivity index (χ1n) is 4.47. The molecule has 1 N–H and O–H groups in total. The second-order valence-corrected chi connectivity index (χ2v) is 5.58. The Labute approximate surface area is 92.7 Å². The SMILES string of the molecule is CC(C)(CCBr)NCc1cccs1. The lowest BCUT2D eigenvalue weighted by Crippen LogP contribution is -2.38. The van der Waals surface area contributed by atoms with Crippen molar-refractivity contribution in [1.82, 2.24) is 5.32 Å².